The second-order valence-electron chi connectivity index (χ2n) is 6.27. The smallest absolute Gasteiger partial charge is 0.253 e. The number of amides is 2. The second kappa shape index (κ2) is 4.83. The Kier molecular flexibility index (Phi) is 3.35. The van der Waals surface area contributed by atoms with Gasteiger partial charge in [0, 0.05) is 4.47 Å². The second-order valence-corrected chi connectivity index (χ2v) is 7.13. The summed E-state index contributed by atoms with van der Waals surface area (Å²) >= 11 is 3.52. The van der Waals surface area contributed by atoms with E-state index in [1.165, 1.54) is 0 Å². The summed E-state index contributed by atoms with van der Waals surface area (Å²) in [6.45, 7) is 5.62. The lowest BCUT2D eigenvalue weighted by atomic mass is 9.89. The first-order chi connectivity index (χ1) is 9.84. The minimum atomic E-state index is -0.770. The molecule has 0 spiro atoms. The zero-order valence-corrected chi connectivity index (χ0v) is 14.0. The van der Waals surface area contributed by atoms with E-state index in [1.807, 2.05) is 32.0 Å². The lowest BCUT2D eigenvalue weighted by Crippen LogP contribution is -2.70. The fourth-order valence-electron chi connectivity index (χ4n) is 3.02. The first kappa shape index (κ1) is 14.6. The number of halogens is 1. The average Bonchev–Trinajstić information content (AvgIpc) is 3.24. The number of carbonyl (C=O) groups excluding carboxylic acids is 2. The van der Waals surface area contributed by atoms with Gasteiger partial charge in [0.15, 0.2) is 0 Å². The van der Waals surface area contributed by atoms with E-state index in [1.54, 1.807) is 11.8 Å². The fraction of sp³-hybridized carbons (Fsp3) is 0.500. The highest BCUT2D eigenvalue weighted by atomic mass is 79.9. The van der Waals surface area contributed by atoms with Gasteiger partial charge >= 0.3 is 0 Å². The third kappa shape index (κ3) is 2.27. The van der Waals surface area contributed by atoms with Crippen LogP contribution in [0.4, 0.5) is 5.69 Å². The molecule has 4 nitrogen and oxygen atoms in total. The van der Waals surface area contributed by atoms with Gasteiger partial charge < -0.3 is 5.32 Å². The number of benzene rings is 1. The Balaban J connectivity index is 2.05. The van der Waals surface area contributed by atoms with Crippen LogP contribution in [0.1, 0.15) is 32.3 Å². The number of hydrogen-bond donors (Lipinski definition) is 1. The summed E-state index contributed by atoms with van der Waals surface area (Å²) in [7, 11) is 0. The quantitative estimate of drug-likeness (QED) is 0.891. The van der Waals surface area contributed by atoms with E-state index in [9.17, 15) is 9.59 Å². The first-order valence-corrected chi connectivity index (χ1v) is 8.05. The zero-order chi connectivity index (χ0) is 15.4. The van der Waals surface area contributed by atoms with Gasteiger partial charge in [-0.3, -0.25) is 14.5 Å². The van der Waals surface area contributed by atoms with Crippen LogP contribution in [0.5, 0.6) is 0 Å². The predicted octanol–water partition coefficient (Wildman–Crippen LogP) is 2.78. The Morgan fingerprint density at radius 1 is 1.33 bits per heavy atom. The molecule has 2 unspecified atom stereocenters. The lowest BCUT2D eigenvalue weighted by Gasteiger charge is -2.43. The highest BCUT2D eigenvalue weighted by molar-refractivity contribution is 9.10. The molecule has 0 aromatic heterocycles. The molecule has 5 heteroatoms. The van der Waals surface area contributed by atoms with E-state index in [2.05, 4.69) is 21.2 Å². The summed E-state index contributed by atoms with van der Waals surface area (Å²) in [6.07, 6.45) is 2.00. The summed E-state index contributed by atoms with van der Waals surface area (Å²) in [5.74, 6) is 0.159. The molecular weight excluding hydrogens is 332 g/mol. The molecule has 1 aliphatic heterocycles. The van der Waals surface area contributed by atoms with Crippen LogP contribution in [-0.2, 0) is 9.59 Å². The van der Waals surface area contributed by atoms with Crippen LogP contribution < -0.4 is 10.2 Å². The Morgan fingerprint density at radius 2 is 2.00 bits per heavy atom. The molecule has 2 aliphatic rings. The number of rotatable bonds is 2. The van der Waals surface area contributed by atoms with E-state index in [-0.39, 0.29) is 17.7 Å². The Bertz CT molecular complexity index is 627. The maximum absolute atomic E-state index is 13.0. The van der Waals surface area contributed by atoms with Crippen LogP contribution in [0.3, 0.4) is 0 Å². The monoisotopic (exact) mass is 350 g/mol. The summed E-state index contributed by atoms with van der Waals surface area (Å²) in [5, 5.41) is 2.94. The van der Waals surface area contributed by atoms with E-state index in [0.717, 1.165) is 28.6 Å². The van der Waals surface area contributed by atoms with Crippen LogP contribution in [0.15, 0.2) is 22.7 Å². The van der Waals surface area contributed by atoms with E-state index in [4.69, 9.17) is 0 Å². The highest BCUT2D eigenvalue weighted by Crippen LogP contribution is 2.43. The molecule has 1 aromatic carbocycles. The van der Waals surface area contributed by atoms with Crippen LogP contribution in [0.25, 0.3) is 0 Å². The number of nitrogens with one attached hydrogen (secondary N) is 1. The molecule has 1 aromatic rings. The van der Waals surface area contributed by atoms with Crippen molar-refractivity contribution >= 4 is 33.4 Å². The third-order valence-corrected chi connectivity index (χ3v) is 5.20. The number of carbonyl (C=O) groups is 2. The number of aryl methyl sites for hydroxylation is 1. The van der Waals surface area contributed by atoms with Crippen molar-refractivity contribution in [2.45, 2.75) is 45.2 Å². The van der Waals surface area contributed by atoms with Gasteiger partial charge in [0.2, 0.25) is 5.91 Å². The van der Waals surface area contributed by atoms with Gasteiger partial charge in [0.05, 0.1) is 5.69 Å². The van der Waals surface area contributed by atoms with Gasteiger partial charge in [-0.25, -0.2) is 0 Å². The molecule has 0 radical (unpaired) electrons. The van der Waals surface area contributed by atoms with E-state index < -0.39 is 11.6 Å². The zero-order valence-electron chi connectivity index (χ0n) is 12.4. The van der Waals surface area contributed by atoms with Gasteiger partial charge in [-0.05, 0) is 73.2 Å². The van der Waals surface area contributed by atoms with Crippen molar-refractivity contribution in [2.75, 3.05) is 4.90 Å². The van der Waals surface area contributed by atoms with Crippen molar-refractivity contribution < 1.29 is 9.59 Å². The normalized spacial score (nSPS) is 29.5. The van der Waals surface area contributed by atoms with E-state index >= 15 is 0 Å². The molecule has 2 atom stereocenters. The summed E-state index contributed by atoms with van der Waals surface area (Å²) in [6, 6.07) is 5.33. The number of piperazine rings is 1. The van der Waals surface area contributed by atoms with Crippen LogP contribution >= 0.6 is 15.9 Å². The number of nitrogens with zero attached hydrogens (tertiary/aromatic N) is 1. The number of hydrogen-bond acceptors (Lipinski definition) is 2. The molecule has 2 fully saturated rings. The van der Waals surface area contributed by atoms with Crippen molar-refractivity contribution in [2.24, 2.45) is 5.92 Å². The fourth-order valence-corrected chi connectivity index (χ4v) is 3.70. The molecule has 1 aliphatic carbocycles. The maximum Gasteiger partial charge on any atom is 0.253 e. The van der Waals surface area contributed by atoms with Crippen LogP contribution in [0.2, 0.25) is 0 Å². The molecule has 0 bridgehead atoms. The van der Waals surface area contributed by atoms with Crippen LogP contribution in [-0.4, -0.2) is 23.4 Å². The number of anilines is 1. The Labute approximate surface area is 133 Å². The lowest BCUT2D eigenvalue weighted by molar-refractivity contribution is -0.138. The molecule has 1 saturated carbocycles. The van der Waals surface area contributed by atoms with Crippen LogP contribution in [0, 0.1) is 12.8 Å². The molecule has 21 heavy (non-hydrogen) atoms. The summed E-state index contributed by atoms with van der Waals surface area (Å²) in [4.78, 5) is 27.0. The van der Waals surface area contributed by atoms with Crippen molar-refractivity contribution in [1.29, 1.82) is 0 Å². The van der Waals surface area contributed by atoms with Gasteiger partial charge in [-0.15, -0.1) is 0 Å². The van der Waals surface area contributed by atoms with Crippen molar-refractivity contribution in [3.8, 4) is 0 Å². The molecule has 3 rings (SSSR count). The molecule has 1 heterocycles. The van der Waals surface area contributed by atoms with E-state index in [0.29, 0.717) is 0 Å². The molecule has 2 amide bonds. The summed E-state index contributed by atoms with van der Waals surface area (Å²) < 4.78 is 0.843. The standard InChI is InChI=1S/C16H19BrN2O2/c1-9-4-7-13(12(17)8-9)19-10(2)14(20)18-16(3,15(19)21)11-5-6-11/h4,7-8,10-11H,5-6H2,1-3H3,(H,18,20). The minimum Gasteiger partial charge on any atom is -0.340 e. The van der Waals surface area contributed by atoms with Gasteiger partial charge in [0.1, 0.15) is 11.6 Å². The van der Waals surface area contributed by atoms with Gasteiger partial charge in [-0.2, -0.15) is 0 Å². The minimum absolute atomic E-state index is 0.0124. The van der Waals surface area contributed by atoms with Gasteiger partial charge in [0.25, 0.3) is 5.91 Å². The van der Waals surface area contributed by atoms with Crippen molar-refractivity contribution in [1.82, 2.24) is 5.32 Å². The molecule has 1 saturated heterocycles. The SMILES string of the molecule is Cc1ccc(N2C(=O)C(C)(C3CC3)NC(=O)C2C)c(Br)c1. The first-order valence-electron chi connectivity index (χ1n) is 7.26. The highest BCUT2D eigenvalue weighted by Gasteiger charge is 2.55. The molecule has 112 valence electrons. The van der Waals surface area contributed by atoms with Crippen molar-refractivity contribution in [3.63, 3.8) is 0 Å². The largest absolute Gasteiger partial charge is 0.340 e. The van der Waals surface area contributed by atoms with Crippen molar-refractivity contribution in [3.05, 3.63) is 28.2 Å². The predicted molar refractivity (Wildman–Crippen MR) is 85.1 cm³/mol. The third-order valence-electron chi connectivity index (χ3n) is 4.57. The Hall–Kier alpha value is -1.36. The van der Waals surface area contributed by atoms with Gasteiger partial charge in [-0.1, -0.05) is 6.07 Å². The summed E-state index contributed by atoms with van der Waals surface area (Å²) in [5.41, 5.74) is 1.10. The maximum atomic E-state index is 13.0. The topological polar surface area (TPSA) is 49.4 Å². The molecular formula is C16H19BrN2O2. The Morgan fingerprint density at radius 3 is 2.57 bits per heavy atom. The average molecular weight is 351 g/mol. The molecule has 1 N–H and O–H groups in total.